The van der Waals surface area contributed by atoms with Crippen LogP contribution in [0.3, 0.4) is 0 Å². The lowest BCUT2D eigenvalue weighted by molar-refractivity contribution is 0.370. The number of nitrogens with zero attached hydrogens (tertiary/aromatic N) is 2. The van der Waals surface area contributed by atoms with Crippen LogP contribution in [0.1, 0.15) is 31.2 Å². The van der Waals surface area contributed by atoms with E-state index in [4.69, 9.17) is 33.9 Å². The molecule has 0 spiro atoms. The molecule has 2 atom stereocenters. The Morgan fingerprint density at radius 2 is 1.85 bits per heavy atom. The number of nitrogens with two attached hydrogens (primary N) is 1. The van der Waals surface area contributed by atoms with Crippen LogP contribution >= 0.6 is 23.2 Å². The third kappa shape index (κ3) is 4.21. The Morgan fingerprint density at radius 3 is 2.67 bits per heavy atom. The molecular weight excluding hydrogens is 377 g/mol. The van der Waals surface area contributed by atoms with E-state index in [1.807, 2.05) is 30.3 Å². The molecule has 1 fully saturated rings. The highest BCUT2D eigenvalue weighted by Gasteiger charge is 2.26. The molecule has 4 rings (SSSR count). The summed E-state index contributed by atoms with van der Waals surface area (Å²) in [5.41, 5.74) is 8.42. The van der Waals surface area contributed by atoms with Crippen LogP contribution in [-0.4, -0.2) is 17.1 Å². The van der Waals surface area contributed by atoms with Crippen molar-refractivity contribution in [1.82, 2.24) is 4.98 Å². The molecule has 1 aromatic heterocycles. The van der Waals surface area contributed by atoms with Crippen molar-refractivity contribution in [3.63, 3.8) is 0 Å². The second-order valence-corrected chi connectivity index (χ2v) is 8.13. The fraction of sp³-hybridized carbons (Fsp3) is 0.318. The van der Waals surface area contributed by atoms with E-state index in [1.54, 1.807) is 0 Å². The van der Waals surface area contributed by atoms with E-state index in [9.17, 15) is 0 Å². The molecule has 1 heterocycles. The number of aromatic nitrogens is 1. The number of fused-ring (bicyclic) bond motifs is 1. The molecule has 0 amide bonds. The highest BCUT2D eigenvalue weighted by atomic mass is 35.5. The topological polar surface area (TPSA) is 42.1 Å². The van der Waals surface area contributed by atoms with Crippen LogP contribution in [0.25, 0.3) is 10.9 Å². The summed E-state index contributed by atoms with van der Waals surface area (Å²) in [6.07, 6.45) is 4.36. The summed E-state index contributed by atoms with van der Waals surface area (Å²) in [6, 6.07) is 18.9. The zero-order valence-electron chi connectivity index (χ0n) is 15.1. The highest BCUT2D eigenvalue weighted by Crippen LogP contribution is 2.30. The summed E-state index contributed by atoms with van der Waals surface area (Å²) in [6.45, 7) is 0.736. The quantitative estimate of drug-likeness (QED) is 0.600. The fourth-order valence-corrected chi connectivity index (χ4v) is 4.25. The Hall–Kier alpha value is -1.81. The van der Waals surface area contributed by atoms with Gasteiger partial charge in [-0.1, -0.05) is 47.5 Å². The van der Waals surface area contributed by atoms with Crippen LogP contribution in [0.15, 0.2) is 54.6 Å². The van der Waals surface area contributed by atoms with E-state index in [-0.39, 0.29) is 6.04 Å². The van der Waals surface area contributed by atoms with E-state index >= 15 is 0 Å². The van der Waals surface area contributed by atoms with E-state index in [1.165, 1.54) is 0 Å². The smallest absolute Gasteiger partial charge is 0.129 e. The first-order chi connectivity index (χ1) is 13.1. The standard InChI is InChI=1S/C22H23Cl2N3/c23-19-10-8-15(12-20(19)24)14-27(18-6-3-5-17(25)13-18)22-11-9-16-4-1-2-7-21(16)26-22/h1-2,4,7-12,17-18H,3,5-6,13-14,25H2. The first-order valence-electron chi connectivity index (χ1n) is 9.42. The second-order valence-electron chi connectivity index (χ2n) is 7.32. The first-order valence-corrected chi connectivity index (χ1v) is 10.2. The molecule has 2 unspecified atom stereocenters. The van der Waals surface area contributed by atoms with Gasteiger partial charge in [0.2, 0.25) is 0 Å². The van der Waals surface area contributed by atoms with Gasteiger partial charge in [0.15, 0.2) is 0 Å². The predicted octanol–water partition coefficient (Wildman–Crippen LogP) is 5.82. The lowest BCUT2D eigenvalue weighted by Gasteiger charge is -2.37. The minimum atomic E-state index is 0.250. The van der Waals surface area contributed by atoms with Crippen LogP contribution < -0.4 is 10.6 Å². The van der Waals surface area contributed by atoms with Gasteiger partial charge in [-0.15, -0.1) is 0 Å². The lowest BCUT2D eigenvalue weighted by atomic mass is 9.90. The van der Waals surface area contributed by atoms with Gasteiger partial charge in [-0.05, 0) is 61.6 Å². The van der Waals surface area contributed by atoms with Crippen molar-refractivity contribution in [2.24, 2.45) is 5.73 Å². The SMILES string of the molecule is NC1CCCC(N(Cc2ccc(Cl)c(Cl)c2)c2ccc3ccccc3n2)C1. The molecule has 3 aromatic rings. The summed E-state index contributed by atoms with van der Waals surface area (Å²) in [7, 11) is 0. The summed E-state index contributed by atoms with van der Waals surface area (Å²) < 4.78 is 0. The van der Waals surface area contributed by atoms with Gasteiger partial charge in [-0.3, -0.25) is 0 Å². The number of para-hydroxylation sites is 1. The summed E-state index contributed by atoms with van der Waals surface area (Å²) in [5, 5.41) is 2.31. The van der Waals surface area contributed by atoms with E-state index in [0.29, 0.717) is 16.1 Å². The van der Waals surface area contributed by atoms with Crippen molar-refractivity contribution >= 4 is 39.9 Å². The molecule has 5 heteroatoms. The van der Waals surface area contributed by atoms with Gasteiger partial charge < -0.3 is 10.6 Å². The van der Waals surface area contributed by atoms with Crippen molar-refractivity contribution in [2.75, 3.05) is 4.90 Å². The number of pyridine rings is 1. The molecule has 1 aliphatic rings. The Morgan fingerprint density at radius 1 is 1.00 bits per heavy atom. The van der Waals surface area contributed by atoms with Crippen molar-refractivity contribution in [3.8, 4) is 0 Å². The van der Waals surface area contributed by atoms with Crippen LogP contribution in [0.2, 0.25) is 10.0 Å². The van der Waals surface area contributed by atoms with Gasteiger partial charge in [-0.25, -0.2) is 4.98 Å². The molecule has 3 nitrogen and oxygen atoms in total. The molecule has 0 aliphatic heterocycles. The third-order valence-corrected chi connectivity index (χ3v) is 6.08. The van der Waals surface area contributed by atoms with E-state index in [0.717, 1.165) is 54.5 Å². The van der Waals surface area contributed by atoms with Crippen LogP contribution in [0, 0.1) is 0 Å². The molecule has 0 bridgehead atoms. The van der Waals surface area contributed by atoms with Crippen molar-refractivity contribution in [3.05, 3.63) is 70.2 Å². The molecule has 140 valence electrons. The maximum Gasteiger partial charge on any atom is 0.129 e. The van der Waals surface area contributed by atoms with Gasteiger partial charge in [0.1, 0.15) is 5.82 Å². The van der Waals surface area contributed by atoms with Crippen LogP contribution in [0.5, 0.6) is 0 Å². The van der Waals surface area contributed by atoms with Gasteiger partial charge in [-0.2, -0.15) is 0 Å². The van der Waals surface area contributed by atoms with Crippen molar-refractivity contribution < 1.29 is 0 Å². The molecule has 2 aromatic carbocycles. The number of halogens is 2. The molecule has 0 saturated heterocycles. The number of anilines is 1. The summed E-state index contributed by atoms with van der Waals surface area (Å²) >= 11 is 12.3. The van der Waals surface area contributed by atoms with Gasteiger partial charge >= 0.3 is 0 Å². The predicted molar refractivity (Wildman–Crippen MR) is 115 cm³/mol. The zero-order valence-corrected chi connectivity index (χ0v) is 16.6. The summed E-state index contributed by atoms with van der Waals surface area (Å²) in [4.78, 5) is 7.32. The largest absolute Gasteiger partial charge is 0.349 e. The second kappa shape index (κ2) is 8.05. The zero-order chi connectivity index (χ0) is 18.8. The molecule has 0 radical (unpaired) electrons. The fourth-order valence-electron chi connectivity index (χ4n) is 3.93. The molecule has 27 heavy (non-hydrogen) atoms. The Labute approximate surface area is 170 Å². The van der Waals surface area contributed by atoms with E-state index in [2.05, 4.69) is 29.2 Å². The van der Waals surface area contributed by atoms with Gasteiger partial charge in [0.25, 0.3) is 0 Å². The molecule has 1 aliphatic carbocycles. The Kier molecular flexibility index (Phi) is 5.53. The molecule has 2 N–H and O–H groups in total. The number of hydrogen-bond donors (Lipinski definition) is 1. The number of benzene rings is 2. The average molecular weight is 400 g/mol. The number of rotatable bonds is 4. The third-order valence-electron chi connectivity index (χ3n) is 5.34. The maximum absolute atomic E-state index is 6.28. The Balaban J connectivity index is 1.70. The Bertz CT molecular complexity index is 944. The normalized spacial score (nSPS) is 20.0. The monoisotopic (exact) mass is 399 g/mol. The lowest BCUT2D eigenvalue weighted by Crippen LogP contribution is -2.42. The minimum absolute atomic E-state index is 0.250. The van der Waals surface area contributed by atoms with Gasteiger partial charge in [0.05, 0.1) is 15.6 Å². The molecular formula is C22H23Cl2N3. The van der Waals surface area contributed by atoms with Crippen LogP contribution in [-0.2, 0) is 6.54 Å². The molecule has 1 saturated carbocycles. The van der Waals surface area contributed by atoms with E-state index < -0.39 is 0 Å². The highest BCUT2D eigenvalue weighted by molar-refractivity contribution is 6.42. The summed E-state index contributed by atoms with van der Waals surface area (Å²) in [5.74, 6) is 0.985. The maximum atomic E-state index is 6.28. The van der Waals surface area contributed by atoms with Gasteiger partial charge in [0, 0.05) is 24.0 Å². The average Bonchev–Trinajstić information content (AvgIpc) is 2.68. The van der Waals surface area contributed by atoms with Crippen molar-refractivity contribution in [1.29, 1.82) is 0 Å². The van der Waals surface area contributed by atoms with Crippen LogP contribution in [0.4, 0.5) is 5.82 Å². The first kappa shape index (κ1) is 18.5. The van der Waals surface area contributed by atoms with Crippen molar-refractivity contribution in [2.45, 2.75) is 44.3 Å². The minimum Gasteiger partial charge on any atom is -0.349 e. The number of hydrogen-bond acceptors (Lipinski definition) is 3.